The highest BCUT2D eigenvalue weighted by atomic mass is 79.9. The summed E-state index contributed by atoms with van der Waals surface area (Å²) in [5.41, 5.74) is 0. The summed E-state index contributed by atoms with van der Waals surface area (Å²) >= 11 is 5.61. The fraction of sp³-hybridized carbons (Fsp3) is 0.500. The zero-order valence-corrected chi connectivity index (χ0v) is 8.66. The number of hydrogen-bond donors (Lipinski definition) is 3. The first-order valence-corrected chi connectivity index (χ1v) is 4.34. The molecule has 1 aliphatic heterocycles. The van der Waals surface area contributed by atoms with Gasteiger partial charge < -0.3 is 10.2 Å². The number of imide groups is 1. The molecule has 1 rings (SSSR count). The number of aliphatic hydroxyl groups is 2. The van der Waals surface area contributed by atoms with E-state index in [-0.39, 0.29) is 0 Å². The lowest BCUT2D eigenvalue weighted by atomic mass is 10.6. The predicted molar refractivity (Wildman–Crippen MR) is 44.2 cm³/mol. The van der Waals surface area contributed by atoms with Gasteiger partial charge in [-0.05, 0) is 31.9 Å². The number of aliphatic hydroxyl groups excluding tert-OH is 1. The normalized spacial score (nSPS) is 21.9. The highest BCUT2D eigenvalue weighted by Crippen LogP contribution is 2.35. The largest absolute Gasteiger partial charge is 0.351 e. The van der Waals surface area contributed by atoms with Crippen LogP contribution in [0.2, 0.25) is 0 Å². The Bertz CT molecular complexity index is 241. The lowest BCUT2D eigenvalue weighted by molar-refractivity contribution is -0.141. The number of hydrogen-bond acceptors (Lipinski definition) is 4. The van der Waals surface area contributed by atoms with Gasteiger partial charge in [-0.25, -0.2) is 9.69 Å². The van der Waals surface area contributed by atoms with E-state index in [2.05, 4.69) is 31.9 Å². The minimum Gasteiger partial charge on any atom is -0.351 e. The molecule has 0 unspecified atom stereocenters. The maximum Gasteiger partial charge on any atom is 0.330 e. The van der Waals surface area contributed by atoms with Gasteiger partial charge in [0.25, 0.3) is 5.91 Å². The molecule has 1 aliphatic rings. The molecule has 1 fully saturated rings. The van der Waals surface area contributed by atoms with Crippen molar-refractivity contribution in [1.82, 2.24) is 10.2 Å². The number of alkyl halides is 2. The van der Waals surface area contributed by atoms with Gasteiger partial charge >= 0.3 is 6.03 Å². The Morgan fingerprint density at radius 3 is 2.08 bits per heavy atom. The molecule has 0 atom stereocenters. The van der Waals surface area contributed by atoms with E-state index < -0.39 is 21.7 Å². The van der Waals surface area contributed by atoms with Crippen molar-refractivity contribution in [1.29, 1.82) is 0 Å². The quantitative estimate of drug-likeness (QED) is 0.257. The van der Waals surface area contributed by atoms with Gasteiger partial charge in [0.1, 0.15) is 0 Å². The van der Waals surface area contributed by atoms with Crippen LogP contribution in [-0.4, -0.2) is 36.8 Å². The second-order valence-electron chi connectivity index (χ2n) is 2.02. The predicted octanol–water partition coefficient (Wildman–Crippen LogP) is -0.750. The zero-order valence-electron chi connectivity index (χ0n) is 5.49. The molecule has 0 aromatic heterocycles. The monoisotopic (exact) mass is 302 g/mol. The molecule has 0 saturated carbocycles. The lowest BCUT2D eigenvalue weighted by Gasteiger charge is -2.25. The Morgan fingerprint density at radius 2 is 1.92 bits per heavy atom. The number of rotatable bonds is 1. The lowest BCUT2D eigenvalue weighted by Crippen LogP contribution is -2.45. The Kier molecular flexibility index (Phi) is 2.43. The van der Waals surface area contributed by atoms with Crippen molar-refractivity contribution in [2.24, 2.45) is 0 Å². The molecular formula is C4H4Br2N2O4. The smallest absolute Gasteiger partial charge is 0.330 e. The van der Waals surface area contributed by atoms with Crippen molar-refractivity contribution in [3.05, 3.63) is 0 Å². The first-order valence-electron chi connectivity index (χ1n) is 2.76. The topological polar surface area (TPSA) is 89.9 Å². The summed E-state index contributed by atoms with van der Waals surface area (Å²) in [5.74, 6) is -0.708. The van der Waals surface area contributed by atoms with E-state index >= 15 is 0 Å². The molecule has 0 aromatic carbocycles. The third-order valence-corrected chi connectivity index (χ3v) is 2.73. The van der Waals surface area contributed by atoms with Crippen molar-refractivity contribution in [2.75, 3.05) is 0 Å². The fourth-order valence-corrected chi connectivity index (χ4v) is 1.61. The van der Waals surface area contributed by atoms with Crippen molar-refractivity contribution < 1.29 is 19.8 Å². The van der Waals surface area contributed by atoms with Crippen LogP contribution >= 0.6 is 31.9 Å². The molecule has 12 heavy (non-hydrogen) atoms. The molecule has 1 saturated heterocycles. The minimum absolute atomic E-state index is 0.495. The number of halogens is 2. The van der Waals surface area contributed by atoms with Crippen LogP contribution in [0, 0.1) is 0 Å². The van der Waals surface area contributed by atoms with Gasteiger partial charge in [-0.1, -0.05) is 0 Å². The number of urea groups is 1. The van der Waals surface area contributed by atoms with Crippen LogP contribution < -0.4 is 5.32 Å². The van der Waals surface area contributed by atoms with Gasteiger partial charge in [-0.3, -0.25) is 10.1 Å². The van der Waals surface area contributed by atoms with Crippen LogP contribution in [0.4, 0.5) is 4.79 Å². The molecule has 1 heterocycles. The summed E-state index contributed by atoms with van der Waals surface area (Å²) in [6.45, 7) is 0. The Balaban J connectivity index is 2.99. The van der Waals surface area contributed by atoms with E-state index in [0.29, 0.717) is 4.90 Å². The van der Waals surface area contributed by atoms with Gasteiger partial charge in [0.15, 0.2) is 0 Å². The molecule has 3 N–H and O–H groups in total. The van der Waals surface area contributed by atoms with E-state index in [1.54, 1.807) is 0 Å². The van der Waals surface area contributed by atoms with Crippen LogP contribution in [0.1, 0.15) is 0 Å². The van der Waals surface area contributed by atoms with Crippen molar-refractivity contribution in [2.45, 2.75) is 9.77 Å². The summed E-state index contributed by atoms with van der Waals surface area (Å²) < 4.78 is -1.58. The standard InChI is InChI=1S/C4H4Br2N2O4/c5-4(6)1(9)7-2(10)8(4)3(11)12/h3,11-12H,(H,7,9,10). The summed E-state index contributed by atoms with van der Waals surface area (Å²) in [7, 11) is 0. The molecule has 0 aromatic rings. The molecule has 0 bridgehead atoms. The highest BCUT2D eigenvalue weighted by Gasteiger charge is 2.52. The van der Waals surface area contributed by atoms with E-state index in [1.807, 2.05) is 5.32 Å². The molecule has 6 nitrogen and oxygen atoms in total. The second kappa shape index (κ2) is 2.95. The van der Waals surface area contributed by atoms with Gasteiger partial charge in [0, 0.05) is 0 Å². The first-order chi connectivity index (χ1) is 5.37. The van der Waals surface area contributed by atoms with Crippen LogP contribution in [0.25, 0.3) is 0 Å². The first kappa shape index (κ1) is 9.90. The molecule has 8 heteroatoms. The van der Waals surface area contributed by atoms with Gasteiger partial charge in [0.05, 0.1) is 0 Å². The van der Waals surface area contributed by atoms with Gasteiger partial charge in [-0.2, -0.15) is 0 Å². The Hall–Kier alpha value is -0.180. The molecule has 0 spiro atoms. The maximum absolute atomic E-state index is 10.9. The van der Waals surface area contributed by atoms with E-state index in [1.165, 1.54) is 0 Å². The summed E-state index contributed by atoms with van der Waals surface area (Å²) in [5, 5.41) is 19.2. The molecule has 0 radical (unpaired) electrons. The maximum atomic E-state index is 10.9. The molecular weight excluding hydrogens is 300 g/mol. The van der Waals surface area contributed by atoms with E-state index in [0.717, 1.165) is 0 Å². The number of nitrogens with one attached hydrogen (secondary N) is 1. The SMILES string of the molecule is O=C1NC(=O)C(Br)(Br)N1C(O)O. The molecule has 68 valence electrons. The van der Waals surface area contributed by atoms with Gasteiger partial charge in [-0.15, -0.1) is 0 Å². The number of carbonyl (C=O) groups is 2. The van der Waals surface area contributed by atoms with E-state index in [4.69, 9.17) is 10.2 Å². The minimum atomic E-state index is -2.05. The third kappa shape index (κ3) is 1.35. The summed E-state index contributed by atoms with van der Waals surface area (Å²) in [4.78, 5) is 22.3. The Labute approximate surface area is 83.8 Å². The van der Waals surface area contributed by atoms with Crippen molar-refractivity contribution >= 4 is 43.8 Å². The third-order valence-electron chi connectivity index (χ3n) is 1.25. The van der Waals surface area contributed by atoms with Crippen LogP contribution in [0.3, 0.4) is 0 Å². The average Bonchev–Trinajstić information content (AvgIpc) is 2.02. The number of nitrogens with zero attached hydrogens (tertiary/aromatic N) is 1. The average molecular weight is 304 g/mol. The summed E-state index contributed by atoms with van der Waals surface area (Å²) in [6, 6.07) is -0.885. The van der Waals surface area contributed by atoms with Crippen LogP contribution in [0.5, 0.6) is 0 Å². The van der Waals surface area contributed by atoms with Crippen LogP contribution in [0.15, 0.2) is 0 Å². The highest BCUT2D eigenvalue weighted by molar-refractivity contribution is 9.25. The number of amides is 3. The summed E-state index contributed by atoms with van der Waals surface area (Å²) in [6.07, 6.45) is -2.05. The van der Waals surface area contributed by atoms with Crippen molar-refractivity contribution in [3.8, 4) is 0 Å². The number of carbonyl (C=O) groups excluding carboxylic acids is 2. The Morgan fingerprint density at radius 1 is 1.42 bits per heavy atom. The second-order valence-corrected chi connectivity index (χ2v) is 5.38. The van der Waals surface area contributed by atoms with Crippen molar-refractivity contribution in [3.63, 3.8) is 0 Å². The molecule has 0 aliphatic carbocycles. The van der Waals surface area contributed by atoms with E-state index in [9.17, 15) is 9.59 Å². The fourth-order valence-electron chi connectivity index (χ4n) is 0.719. The van der Waals surface area contributed by atoms with Gasteiger partial charge in [0.2, 0.25) is 9.77 Å². The zero-order chi connectivity index (χ0) is 9.52. The molecule has 3 amide bonds. The van der Waals surface area contributed by atoms with Crippen LogP contribution in [-0.2, 0) is 4.79 Å².